The number of rotatable bonds is 6. The van der Waals surface area contributed by atoms with Gasteiger partial charge in [0.1, 0.15) is 12.1 Å². The molecule has 5 nitrogen and oxygen atoms in total. The van der Waals surface area contributed by atoms with Crippen LogP contribution in [0.3, 0.4) is 0 Å². The summed E-state index contributed by atoms with van der Waals surface area (Å²) in [6.07, 6.45) is 5.67. The molecule has 0 radical (unpaired) electrons. The number of carbonyl (C=O) groups excluding carboxylic acids is 1. The van der Waals surface area contributed by atoms with E-state index in [0.717, 1.165) is 11.9 Å². The molecule has 1 N–H and O–H groups in total. The smallest absolute Gasteiger partial charge is 0.257 e. The Balaban J connectivity index is 1.57. The fourth-order valence-corrected chi connectivity index (χ4v) is 3.49. The summed E-state index contributed by atoms with van der Waals surface area (Å²) in [4.78, 5) is 26.6. The third kappa shape index (κ3) is 3.87. The number of H-pyrrole nitrogens is 1. The molecule has 0 saturated carbocycles. The van der Waals surface area contributed by atoms with E-state index in [1.165, 1.54) is 35.6 Å². The third-order valence-electron chi connectivity index (χ3n) is 5.06. The first-order chi connectivity index (χ1) is 14.2. The summed E-state index contributed by atoms with van der Waals surface area (Å²) >= 11 is 0. The second-order valence-electron chi connectivity index (χ2n) is 6.79. The van der Waals surface area contributed by atoms with Crippen LogP contribution in [0.15, 0.2) is 67.3 Å². The standard InChI is InChI=1S/C23H21FN4O/c1-2-28(12-11-17-13-26-21-6-4-3-5-19(17)21)23(29)20-14-25-15-27-22(20)16-7-9-18(24)10-8-16/h3-10,13-15,26H,2,11-12H2,1H3. The number of aromatic nitrogens is 3. The van der Waals surface area contributed by atoms with Gasteiger partial charge >= 0.3 is 0 Å². The number of carbonyl (C=O) groups is 1. The molecule has 6 heteroatoms. The Kier molecular flexibility index (Phi) is 5.33. The van der Waals surface area contributed by atoms with Crippen LogP contribution in [-0.4, -0.2) is 38.8 Å². The number of likely N-dealkylation sites (N-methyl/N-ethyl adjacent to an activating group) is 1. The molecule has 29 heavy (non-hydrogen) atoms. The predicted octanol–water partition coefficient (Wildman–Crippen LogP) is 4.47. The number of nitrogens with one attached hydrogen (secondary N) is 1. The van der Waals surface area contributed by atoms with Gasteiger partial charge in [0.2, 0.25) is 0 Å². The summed E-state index contributed by atoms with van der Waals surface area (Å²) in [6.45, 7) is 3.10. The minimum Gasteiger partial charge on any atom is -0.361 e. The number of nitrogens with zero attached hydrogens (tertiary/aromatic N) is 3. The first-order valence-electron chi connectivity index (χ1n) is 9.57. The van der Waals surface area contributed by atoms with E-state index in [1.54, 1.807) is 17.0 Å². The normalized spacial score (nSPS) is 11.0. The summed E-state index contributed by atoms with van der Waals surface area (Å²) in [7, 11) is 0. The summed E-state index contributed by atoms with van der Waals surface area (Å²) in [5.41, 5.74) is 3.88. The van der Waals surface area contributed by atoms with E-state index in [4.69, 9.17) is 0 Å². The van der Waals surface area contributed by atoms with Crippen LogP contribution in [0.5, 0.6) is 0 Å². The van der Waals surface area contributed by atoms with Crippen molar-refractivity contribution < 1.29 is 9.18 Å². The van der Waals surface area contributed by atoms with E-state index >= 15 is 0 Å². The van der Waals surface area contributed by atoms with E-state index < -0.39 is 0 Å². The van der Waals surface area contributed by atoms with Crippen molar-refractivity contribution in [1.29, 1.82) is 0 Å². The molecule has 2 aromatic heterocycles. The molecule has 0 saturated heterocycles. The average Bonchev–Trinajstić information content (AvgIpc) is 3.18. The molecule has 0 fully saturated rings. The molecule has 0 aliphatic rings. The van der Waals surface area contributed by atoms with Gasteiger partial charge in [-0.2, -0.15) is 0 Å². The van der Waals surface area contributed by atoms with E-state index in [1.807, 2.05) is 31.3 Å². The molecule has 0 unspecified atom stereocenters. The van der Waals surface area contributed by atoms with Crippen LogP contribution in [0.2, 0.25) is 0 Å². The Labute approximate surface area is 168 Å². The number of amides is 1. The van der Waals surface area contributed by atoms with Crippen molar-refractivity contribution in [2.45, 2.75) is 13.3 Å². The van der Waals surface area contributed by atoms with Gasteiger partial charge in [-0.25, -0.2) is 14.4 Å². The Bertz CT molecular complexity index is 1140. The lowest BCUT2D eigenvalue weighted by Gasteiger charge is -2.21. The van der Waals surface area contributed by atoms with Crippen molar-refractivity contribution in [2.75, 3.05) is 13.1 Å². The fourth-order valence-electron chi connectivity index (χ4n) is 3.49. The predicted molar refractivity (Wildman–Crippen MR) is 111 cm³/mol. The molecular formula is C23H21FN4O. The maximum Gasteiger partial charge on any atom is 0.257 e. The van der Waals surface area contributed by atoms with Crippen LogP contribution in [0.1, 0.15) is 22.8 Å². The molecule has 0 atom stereocenters. The zero-order valence-electron chi connectivity index (χ0n) is 16.1. The minimum atomic E-state index is -0.329. The van der Waals surface area contributed by atoms with E-state index in [2.05, 4.69) is 21.0 Å². The SMILES string of the molecule is CCN(CCc1c[nH]c2ccccc12)C(=O)c1cncnc1-c1ccc(F)cc1. The van der Waals surface area contributed by atoms with Crippen molar-refractivity contribution in [3.8, 4) is 11.3 Å². The highest BCUT2D eigenvalue weighted by Gasteiger charge is 2.20. The van der Waals surface area contributed by atoms with Gasteiger partial charge in [-0.15, -0.1) is 0 Å². The minimum absolute atomic E-state index is 0.132. The number of hydrogen-bond acceptors (Lipinski definition) is 3. The molecular weight excluding hydrogens is 367 g/mol. The lowest BCUT2D eigenvalue weighted by Crippen LogP contribution is -2.33. The number of aromatic amines is 1. The van der Waals surface area contributed by atoms with Crippen LogP contribution in [0, 0.1) is 5.82 Å². The number of benzene rings is 2. The van der Waals surface area contributed by atoms with Crippen LogP contribution in [0.25, 0.3) is 22.2 Å². The lowest BCUT2D eigenvalue weighted by molar-refractivity contribution is 0.0766. The zero-order valence-corrected chi connectivity index (χ0v) is 16.1. The molecule has 2 heterocycles. The van der Waals surface area contributed by atoms with E-state index in [-0.39, 0.29) is 11.7 Å². The molecule has 0 aliphatic carbocycles. The van der Waals surface area contributed by atoms with Gasteiger partial charge in [-0.1, -0.05) is 18.2 Å². The highest BCUT2D eigenvalue weighted by atomic mass is 19.1. The molecule has 146 valence electrons. The van der Waals surface area contributed by atoms with Crippen LogP contribution < -0.4 is 0 Å². The largest absolute Gasteiger partial charge is 0.361 e. The molecule has 4 rings (SSSR count). The number of para-hydroxylation sites is 1. The zero-order chi connectivity index (χ0) is 20.2. The highest BCUT2D eigenvalue weighted by molar-refractivity contribution is 5.99. The number of fused-ring (bicyclic) bond motifs is 1. The quantitative estimate of drug-likeness (QED) is 0.530. The fraction of sp³-hybridized carbons (Fsp3) is 0.174. The van der Waals surface area contributed by atoms with Crippen molar-refractivity contribution in [3.05, 3.63) is 84.2 Å². The van der Waals surface area contributed by atoms with Gasteiger partial charge in [-0.05, 0) is 49.2 Å². The van der Waals surface area contributed by atoms with Crippen LogP contribution >= 0.6 is 0 Å². The summed E-state index contributed by atoms with van der Waals surface area (Å²) in [5.74, 6) is -0.461. The summed E-state index contributed by atoms with van der Waals surface area (Å²) < 4.78 is 13.3. The monoisotopic (exact) mass is 388 g/mol. The maximum atomic E-state index is 13.3. The molecule has 0 bridgehead atoms. The Hall–Kier alpha value is -3.54. The maximum absolute atomic E-state index is 13.3. The highest BCUT2D eigenvalue weighted by Crippen LogP contribution is 2.23. The van der Waals surface area contributed by atoms with Crippen LogP contribution in [-0.2, 0) is 6.42 Å². The van der Waals surface area contributed by atoms with Gasteiger partial charge < -0.3 is 9.88 Å². The second kappa shape index (κ2) is 8.22. The number of hydrogen-bond donors (Lipinski definition) is 1. The molecule has 1 amide bonds. The Morgan fingerprint density at radius 2 is 1.93 bits per heavy atom. The topological polar surface area (TPSA) is 61.9 Å². The summed E-state index contributed by atoms with van der Waals surface area (Å²) in [6, 6.07) is 14.1. The van der Waals surface area contributed by atoms with Gasteiger partial charge in [0.05, 0.1) is 11.3 Å². The van der Waals surface area contributed by atoms with Gasteiger partial charge in [-0.3, -0.25) is 4.79 Å². The van der Waals surface area contributed by atoms with Crippen molar-refractivity contribution in [2.24, 2.45) is 0 Å². The molecule has 0 spiro atoms. The first kappa shape index (κ1) is 18.8. The van der Waals surface area contributed by atoms with Crippen molar-refractivity contribution in [1.82, 2.24) is 19.9 Å². The lowest BCUT2D eigenvalue weighted by atomic mass is 10.1. The summed E-state index contributed by atoms with van der Waals surface area (Å²) in [5, 5.41) is 1.17. The van der Waals surface area contributed by atoms with E-state index in [9.17, 15) is 9.18 Å². The third-order valence-corrected chi connectivity index (χ3v) is 5.06. The first-order valence-corrected chi connectivity index (χ1v) is 9.57. The van der Waals surface area contributed by atoms with Crippen LogP contribution in [0.4, 0.5) is 4.39 Å². The van der Waals surface area contributed by atoms with Gasteiger partial charge in [0, 0.05) is 41.9 Å². The number of halogens is 1. The van der Waals surface area contributed by atoms with Crippen molar-refractivity contribution in [3.63, 3.8) is 0 Å². The van der Waals surface area contributed by atoms with Gasteiger partial charge in [0.15, 0.2) is 0 Å². The second-order valence-corrected chi connectivity index (χ2v) is 6.79. The molecule has 2 aromatic carbocycles. The van der Waals surface area contributed by atoms with Crippen molar-refractivity contribution >= 4 is 16.8 Å². The Morgan fingerprint density at radius 1 is 1.14 bits per heavy atom. The van der Waals surface area contributed by atoms with Gasteiger partial charge in [0.25, 0.3) is 5.91 Å². The average molecular weight is 388 g/mol. The Morgan fingerprint density at radius 3 is 2.72 bits per heavy atom. The van der Waals surface area contributed by atoms with E-state index in [0.29, 0.717) is 29.9 Å². The molecule has 0 aliphatic heterocycles. The molecule has 4 aromatic rings.